The Morgan fingerprint density at radius 1 is 1.50 bits per heavy atom. The summed E-state index contributed by atoms with van der Waals surface area (Å²) in [5.41, 5.74) is 0. The second kappa shape index (κ2) is 3.38. The summed E-state index contributed by atoms with van der Waals surface area (Å²) in [4.78, 5) is 20.9. The largest absolute Gasteiger partial charge is 0.481 e. The number of hydrogen-bond acceptors (Lipinski definition) is 3. The summed E-state index contributed by atoms with van der Waals surface area (Å²) in [5, 5.41) is 8.48. The van der Waals surface area contributed by atoms with Crippen molar-refractivity contribution in [2.45, 2.75) is 18.9 Å². The zero-order valence-electron chi connectivity index (χ0n) is 6.53. The lowest BCUT2D eigenvalue weighted by molar-refractivity contribution is -0.160. The summed E-state index contributed by atoms with van der Waals surface area (Å²) in [6, 6.07) is 0. The van der Waals surface area contributed by atoms with Crippen molar-refractivity contribution < 1.29 is 19.4 Å². The second-order valence-electron chi connectivity index (χ2n) is 2.77. The quantitative estimate of drug-likeness (QED) is 0.497. The molecule has 12 heavy (non-hydrogen) atoms. The van der Waals surface area contributed by atoms with E-state index in [0.29, 0.717) is 12.8 Å². The highest BCUT2D eigenvalue weighted by Crippen LogP contribution is 2.30. The third-order valence-electron chi connectivity index (χ3n) is 1.89. The monoisotopic (exact) mass is 170 g/mol. The van der Waals surface area contributed by atoms with Crippen LogP contribution in [0.5, 0.6) is 0 Å². The third kappa shape index (κ3) is 1.84. The topological polar surface area (TPSA) is 63.6 Å². The van der Waals surface area contributed by atoms with E-state index in [9.17, 15) is 9.59 Å². The highest BCUT2D eigenvalue weighted by atomic mass is 16.5. The smallest absolute Gasteiger partial charge is 0.330 e. The van der Waals surface area contributed by atoms with Gasteiger partial charge in [-0.3, -0.25) is 4.79 Å². The number of carbonyl (C=O) groups excluding carboxylic acids is 1. The van der Waals surface area contributed by atoms with Crippen LogP contribution in [0.3, 0.4) is 0 Å². The molecule has 0 bridgehead atoms. The molecule has 0 aromatic heterocycles. The maximum absolute atomic E-state index is 10.6. The van der Waals surface area contributed by atoms with Crippen LogP contribution in [0.1, 0.15) is 12.8 Å². The Hall–Kier alpha value is -1.32. The van der Waals surface area contributed by atoms with Crippen LogP contribution in [0.25, 0.3) is 0 Å². The van der Waals surface area contributed by atoms with E-state index in [2.05, 4.69) is 6.58 Å². The molecule has 0 unspecified atom stereocenters. The molecule has 1 rings (SSSR count). The summed E-state index contributed by atoms with van der Waals surface area (Å²) in [6.45, 7) is 3.24. The van der Waals surface area contributed by atoms with Gasteiger partial charge in [0.15, 0.2) is 0 Å². The van der Waals surface area contributed by atoms with E-state index >= 15 is 0 Å². The Balaban J connectivity index is 2.22. The van der Waals surface area contributed by atoms with Gasteiger partial charge in [0.1, 0.15) is 6.10 Å². The zero-order chi connectivity index (χ0) is 9.14. The lowest BCUT2D eigenvalue weighted by atomic mass is 9.82. The van der Waals surface area contributed by atoms with Gasteiger partial charge in [0.05, 0.1) is 5.92 Å². The minimum atomic E-state index is -0.819. The maximum Gasteiger partial charge on any atom is 0.330 e. The van der Waals surface area contributed by atoms with Crippen LogP contribution in [0.15, 0.2) is 12.7 Å². The van der Waals surface area contributed by atoms with Crippen molar-refractivity contribution in [2.75, 3.05) is 0 Å². The van der Waals surface area contributed by atoms with E-state index < -0.39 is 11.9 Å². The molecule has 0 aromatic carbocycles. The number of aliphatic carboxylic acids is 1. The van der Waals surface area contributed by atoms with Crippen molar-refractivity contribution in [3.8, 4) is 0 Å². The average molecular weight is 170 g/mol. The molecule has 0 atom stereocenters. The fourth-order valence-corrected chi connectivity index (χ4v) is 1.08. The fraction of sp³-hybridized carbons (Fsp3) is 0.500. The van der Waals surface area contributed by atoms with E-state index in [1.54, 1.807) is 0 Å². The molecule has 0 amide bonds. The predicted octanol–water partition coefficient (Wildman–Crippen LogP) is 0.579. The third-order valence-corrected chi connectivity index (χ3v) is 1.89. The summed E-state index contributed by atoms with van der Waals surface area (Å²) in [7, 11) is 0. The molecule has 1 saturated carbocycles. The van der Waals surface area contributed by atoms with Crippen LogP contribution in [0.4, 0.5) is 0 Å². The van der Waals surface area contributed by atoms with Gasteiger partial charge in [-0.25, -0.2) is 4.79 Å². The number of carboxylic acid groups (broad SMARTS) is 1. The number of carboxylic acids is 1. The van der Waals surface area contributed by atoms with Crippen LogP contribution in [0.2, 0.25) is 0 Å². The van der Waals surface area contributed by atoms with Crippen LogP contribution in [-0.2, 0) is 14.3 Å². The van der Waals surface area contributed by atoms with E-state index in [1.807, 2.05) is 0 Å². The van der Waals surface area contributed by atoms with Gasteiger partial charge in [-0.15, -0.1) is 0 Å². The first-order chi connectivity index (χ1) is 5.63. The van der Waals surface area contributed by atoms with Crippen LogP contribution in [0, 0.1) is 5.92 Å². The maximum atomic E-state index is 10.6. The molecule has 4 heteroatoms. The van der Waals surface area contributed by atoms with Crippen molar-refractivity contribution in [1.82, 2.24) is 0 Å². The Kier molecular flexibility index (Phi) is 2.47. The number of hydrogen-bond donors (Lipinski definition) is 1. The summed E-state index contributed by atoms with van der Waals surface area (Å²) in [5.74, 6) is -1.64. The van der Waals surface area contributed by atoms with E-state index in [1.165, 1.54) is 0 Å². The van der Waals surface area contributed by atoms with Crippen molar-refractivity contribution in [3.05, 3.63) is 12.7 Å². The highest BCUT2D eigenvalue weighted by Gasteiger charge is 2.36. The van der Waals surface area contributed by atoms with Gasteiger partial charge in [-0.2, -0.15) is 0 Å². The molecule has 0 aliphatic heterocycles. The molecule has 1 aliphatic carbocycles. The Morgan fingerprint density at radius 2 is 2.08 bits per heavy atom. The minimum Gasteiger partial charge on any atom is -0.481 e. The summed E-state index contributed by atoms with van der Waals surface area (Å²) in [6.07, 6.45) is 1.70. The number of esters is 1. The Bertz CT molecular complexity index is 215. The van der Waals surface area contributed by atoms with E-state index in [4.69, 9.17) is 9.84 Å². The summed E-state index contributed by atoms with van der Waals surface area (Å²) < 4.78 is 4.80. The molecule has 1 aliphatic rings. The molecule has 0 heterocycles. The lowest BCUT2D eigenvalue weighted by Gasteiger charge is -2.31. The van der Waals surface area contributed by atoms with Crippen molar-refractivity contribution in [1.29, 1.82) is 0 Å². The van der Waals surface area contributed by atoms with Crippen molar-refractivity contribution in [2.24, 2.45) is 5.92 Å². The normalized spacial score (nSPS) is 27.0. The molecule has 0 saturated heterocycles. The predicted molar refractivity (Wildman–Crippen MR) is 40.4 cm³/mol. The summed E-state index contributed by atoms with van der Waals surface area (Å²) >= 11 is 0. The molecule has 1 N–H and O–H groups in total. The van der Waals surface area contributed by atoms with Crippen LogP contribution >= 0.6 is 0 Å². The molecule has 0 aromatic rings. The Morgan fingerprint density at radius 3 is 2.50 bits per heavy atom. The molecule has 0 spiro atoms. The fourth-order valence-electron chi connectivity index (χ4n) is 1.08. The van der Waals surface area contributed by atoms with Crippen molar-refractivity contribution in [3.63, 3.8) is 0 Å². The second-order valence-corrected chi connectivity index (χ2v) is 2.77. The van der Waals surface area contributed by atoms with E-state index in [0.717, 1.165) is 6.08 Å². The standard InChI is InChI=1S/C8H10O4/c1-2-7(9)12-6-3-5(4-6)8(10)11/h2,5-6H,1,3-4H2,(H,10,11). The number of rotatable bonds is 3. The molecular weight excluding hydrogens is 160 g/mol. The molecule has 1 fully saturated rings. The van der Waals surface area contributed by atoms with Gasteiger partial charge in [0.25, 0.3) is 0 Å². The minimum absolute atomic E-state index is 0.225. The first kappa shape index (κ1) is 8.77. The lowest BCUT2D eigenvalue weighted by Crippen LogP contribution is -2.37. The van der Waals surface area contributed by atoms with Gasteiger partial charge in [-0.05, 0) is 12.8 Å². The number of ether oxygens (including phenoxy) is 1. The SMILES string of the molecule is C=CC(=O)OC1CC(C(=O)O)C1. The van der Waals surface area contributed by atoms with Crippen LogP contribution < -0.4 is 0 Å². The zero-order valence-corrected chi connectivity index (χ0v) is 6.53. The van der Waals surface area contributed by atoms with Gasteiger partial charge < -0.3 is 9.84 Å². The van der Waals surface area contributed by atoms with Gasteiger partial charge in [0, 0.05) is 6.08 Å². The highest BCUT2D eigenvalue weighted by molar-refractivity contribution is 5.81. The van der Waals surface area contributed by atoms with Crippen molar-refractivity contribution >= 4 is 11.9 Å². The molecule has 4 nitrogen and oxygen atoms in total. The Labute approximate surface area is 69.8 Å². The average Bonchev–Trinajstić information content (AvgIpc) is 1.94. The van der Waals surface area contributed by atoms with Crippen LogP contribution in [-0.4, -0.2) is 23.1 Å². The van der Waals surface area contributed by atoms with E-state index in [-0.39, 0.29) is 12.0 Å². The van der Waals surface area contributed by atoms with Gasteiger partial charge in [0.2, 0.25) is 0 Å². The molecule has 0 radical (unpaired) electrons. The van der Waals surface area contributed by atoms with Gasteiger partial charge >= 0.3 is 11.9 Å². The molecular formula is C8H10O4. The van der Waals surface area contributed by atoms with Gasteiger partial charge in [-0.1, -0.05) is 6.58 Å². The first-order valence-electron chi connectivity index (χ1n) is 3.69. The molecule has 66 valence electrons. The number of carbonyl (C=O) groups is 2. The first-order valence-corrected chi connectivity index (χ1v) is 3.69.